The third-order valence-electron chi connectivity index (χ3n) is 2.52. The van der Waals surface area contributed by atoms with Crippen LogP contribution in [0.5, 0.6) is 0 Å². The maximum Gasteiger partial charge on any atom is 0.124 e. The third kappa shape index (κ3) is 3.35. The Kier molecular flexibility index (Phi) is 4.78. The highest BCUT2D eigenvalue weighted by Crippen LogP contribution is 2.25. The number of anilines is 1. The molecule has 0 amide bonds. The van der Waals surface area contributed by atoms with Crippen LogP contribution in [0.3, 0.4) is 0 Å². The summed E-state index contributed by atoms with van der Waals surface area (Å²) >= 11 is 5.90. The van der Waals surface area contributed by atoms with Crippen LogP contribution in [0.15, 0.2) is 18.2 Å². The lowest BCUT2D eigenvalue weighted by molar-refractivity contribution is 0.299. The van der Waals surface area contributed by atoms with Gasteiger partial charge in [-0.25, -0.2) is 0 Å². The summed E-state index contributed by atoms with van der Waals surface area (Å²) in [5, 5.41) is 17.2. The fourth-order valence-corrected chi connectivity index (χ4v) is 1.91. The fourth-order valence-electron chi connectivity index (χ4n) is 1.74. The lowest BCUT2D eigenvalue weighted by Crippen LogP contribution is -2.35. The maximum atomic E-state index is 9.08. The molecule has 0 radical (unpaired) electrons. The fraction of sp³-hybridized carbons (Fsp3) is 0.417. The van der Waals surface area contributed by atoms with Crippen molar-refractivity contribution in [3.63, 3.8) is 0 Å². The molecule has 0 aliphatic heterocycles. The van der Waals surface area contributed by atoms with E-state index in [4.69, 9.17) is 27.9 Å². The molecule has 94 valence electrons. The van der Waals surface area contributed by atoms with E-state index in [9.17, 15) is 0 Å². The molecule has 0 atom stereocenters. The molecule has 0 unspecified atom stereocenters. The molecular formula is C12H18ClN3O. The summed E-state index contributed by atoms with van der Waals surface area (Å²) in [6, 6.07) is 5.47. The predicted octanol–water partition coefficient (Wildman–Crippen LogP) is 1.83. The topological polar surface area (TPSA) is 73.3 Å². The first-order valence-electron chi connectivity index (χ1n) is 5.48. The minimum atomic E-state index is -0.0221. The Balaban J connectivity index is 3.22. The first-order chi connectivity index (χ1) is 7.97. The van der Waals surface area contributed by atoms with E-state index >= 15 is 0 Å². The molecule has 0 saturated carbocycles. The Labute approximate surface area is 107 Å². The molecule has 0 aliphatic rings. The molecule has 0 bridgehead atoms. The van der Waals surface area contributed by atoms with Gasteiger partial charge in [-0.3, -0.25) is 5.41 Å². The van der Waals surface area contributed by atoms with Crippen LogP contribution in [0.25, 0.3) is 0 Å². The van der Waals surface area contributed by atoms with Gasteiger partial charge in [0.2, 0.25) is 0 Å². The van der Waals surface area contributed by atoms with Crippen molar-refractivity contribution in [2.75, 3.05) is 18.1 Å². The van der Waals surface area contributed by atoms with Gasteiger partial charge in [-0.1, -0.05) is 11.6 Å². The molecule has 0 aliphatic carbocycles. The number of hydrogen-bond acceptors (Lipinski definition) is 3. The number of benzene rings is 1. The number of halogens is 1. The molecule has 0 saturated heterocycles. The van der Waals surface area contributed by atoms with Crippen molar-refractivity contribution in [3.8, 4) is 0 Å². The van der Waals surface area contributed by atoms with Crippen LogP contribution in [0, 0.1) is 5.41 Å². The monoisotopic (exact) mass is 255 g/mol. The van der Waals surface area contributed by atoms with Crippen LogP contribution < -0.4 is 10.6 Å². The van der Waals surface area contributed by atoms with Crippen LogP contribution in [0.2, 0.25) is 5.02 Å². The van der Waals surface area contributed by atoms with Gasteiger partial charge in [-0.15, -0.1) is 0 Å². The number of amidine groups is 1. The second-order valence-electron chi connectivity index (χ2n) is 4.09. The zero-order valence-corrected chi connectivity index (χ0v) is 10.8. The van der Waals surface area contributed by atoms with Crippen molar-refractivity contribution in [3.05, 3.63) is 28.8 Å². The minimum absolute atomic E-state index is 0.0221. The molecule has 0 fully saturated rings. The standard InChI is InChI=1S/C12H18ClN3O/c1-8(2)16(5-6-17)11-4-3-9(13)7-10(11)12(14)15/h3-4,7-8,17H,5-6H2,1-2H3,(H3,14,15). The molecule has 5 heteroatoms. The molecular weight excluding hydrogens is 238 g/mol. The van der Waals surface area contributed by atoms with E-state index in [1.807, 2.05) is 24.8 Å². The molecule has 4 nitrogen and oxygen atoms in total. The average Bonchev–Trinajstić information content (AvgIpc) is 2.26. The summed E-state index contributed by atoms with van der Waals surface area (Å²) in [4.78, 5) is 1.99. The molecule has 17 heavy (non-hydrogen) atoms. The van der Waals surface area contributed by atoms with Crippen molar-refractivity contribution >= 4 is 23.1 Å². The molecule has 0 spiro atoms. The summed E-state index contributed by atoms with van der Waals surface area (Å²) < 4.78 is 0. The zero-order valence-electron chi connectivity index (χ0n) is 10.1. The molecule has 0 heterocycles. The average molecular weight is 256 g/mol. The normalized spacial score (nSPS) is 10.6. The van der Waals surface area contributed by atoms with Gasteiger partial charge in [0, 0.05) is 28.9 Å². The highest BCUT2D eigenvalue weighted by molar-refractivity contribution is 6.31. The molecule has 1 rings (SSSR count). The van der Waals surface area contributed by atoms with Gasteiger partial charge in [0.15, 0.2) is 0 Å². The van der Waals surface area contributed by atoms with Crippen molar-refractivity contribution < 1.29 is 5.11 Å². The van der Waals surface area contributed by atoms with E-state index < -0.39 is 0 Å². The van der Waals surface area contributed by atoms with Crippen molar-refractivity contribution in [2.24, 2.45) is 5.73 Å². The predicted molar refractivity (Wildman–Crippen MR) is 72.0 cm³/mol. The smallest absolute Gasteiger partial charge is 0.124 e. The summed E-state index contributed by atoms with van der Waals surface area (Å²) in [5.74, 6) is -0.0221. The van der Waals surface area contributed by atoms with Gasteiger partial charge >= 0.3 is 0 Å². The Morgan fingerprint density at radius 3 is 2.65 bits per heavy atom. The van der Waals surface area contributed by atoms with Gasteiger partial charge in [-0.2, -0.15) is 0 Å². The minimum Gasteiger partial charge on any atom is -0.395 e. The SMILES string of the molecule is CC(C)N(CCO)c1ccc(Cl)cc1C(=N)N. The van der Waals surface area contributed by atoms with Gasteiger partial charge in [0.05, 0.1) is 6.61 Å². The maximum absolute atomic E-state index is 9.08. The quantitative estimate of drug-likeness (QED) is 0.555. The van der Waals surface area contributed by atoms with Gasteiger partial charge in [0.1, 0.15) is 5.84 Å². The van der Waals surface area contributed by atoms with E-state index in [-0.39, 0.29) is 18.5 Å². The number of nitrogen functional groups attached to an aromatic ring is 1. The summed E-state index contributed by atoms with van der Waals surface area (Å²) in [6.07, 6.45) is 0. The second kappa shape index (κ2) is 5.89. The van der Waals surface area contributed by atoms with Crippen LogP contribution in [0.1, 0.15) is 19.4 Å². The lowest BCUT2D eigenvalue weighted by Gasteiger charge is -2.30. The van der Waals surface area contributed by atoms with Crippen LogP contribution in [0.4, 0.5) is 5.69 Å². The number of hydrogen-bond donors (Lipinski definition) is 3. The second-order valence-corrected chi connectivity index (χ2v) is 4.52. The Morgan fingerprint density at radius 2 is 2.18 bits per heavy atom. The molecule has 0 aromatic heterocycles. The van der Waals surface area contributed by atoms with Crippen LogP contribution >= 0.6 is 11.6 Å². The van der Waals surface area contributed by atoms with Gasteiger partial charge in [-0.05, 0) is 32.0 Å². The largest absolute Gasteiger partial charge is 0.395 e. The van der Waals surface area contributed by atoms with E-state index in [1.54, 1.807) is 12.1 Å². The summed E-state index contributed by atoms with van der Waals surface area (Å²) in [6.45, 7) is 4.60. The van der Waals surface area contributed by atoms with Crippen molar-refractivity contribution in [1.29, 1.82) is 5.41 Å². The first-order valence-corrected chi connectivity index (χ1v) is 5.86. The molecule has 1 aromatic rings. The number of aliphatic hydroxyl groups excluding tert-OH is 1. The first kappa shape index (κ1) is 13.8. The third-order valence-corrected chi connectivity index (χ3v) is 2.76. The number of aliphatic hydroxyl groups is 1. The summed E-state index contributed by atoms with van der Waals surface area (Å²) in [7, 11) is 0. The van der Waals surface area contributed by atoms with Crippen LogP contribution in [-0.2, 0) is 0 Å². The number of nitrogens with zero attached hydrogens (tertiary/aromatic N) is 1. The van der Waals surface area contributed by atoms with E-state index in [2.05, 4.69) is 0 Å². The van der Waals surface area contributed by atoms with Gasteiger partial charge in [0.25, 0.3) is 0 Å². The van der Waals surface area contributed by atoms with Crippen molar-refractivity contribution in [1.82, 2.24) is 0 Å². The molecule has 1 aromatic carbocycles. The number of rotatable bonds is 5. The van der Waals surface area contributed by atoms with E-state index in [1.165, 1.54) is 0 Å². The summed E-state index contributed by atoms with van der Waals surface area (Å²) in [5.41, 5.74) is 6.97. The Hall–Kier alpha value is -1.26. The van der Waals surface area contributed by atoms with Crippen LogP contribution in [-0.4, -0.2) is 30.1 Å². The highest BCUT2D eigenvalue weighted by atomic mass is 35.5. The van der Waals surface area contributed by atoms with E-state index in [0.29, 0.717) is 17.1 Å². The van der Waals surface area contributed by atoms with Gasteiger partial charge < -0.3 is 15.7 Å². The lowest BCUT2D eigenvalue weighted by atomic mass is 10.1. The Morgan fingerprint density at radius 1 is 1.53 bits per heavy atom. The Bertz CT molecular complexity index is 407. The number of nitrogens with one attached hydrogen (secondary N) is 1. The highest BCUT2D eigenvalue weighted by Gasteiger charge is 2.15. The van der Waals surface area contributed by atoms with Crippen molar-refractivity contribution in [2.45, 2.75) is 19.9 Å². The molecule has 4 N–H and O–H groups in total. The van der Waals surface area contributed by atoms with E-state index in [0.717, 1.165) is 5.69 Å². The number of nitrogens with two attached hydrogens (primary N) is 1. The zero-order chi connectivity index (χ0) is 13.0.